The van der Waals surface area contributed by atoms with Crippen molar-refractivity contribution in [1.29, 1.82) is 4.78 Å². The maximum atomic E-state index is 11.8. The molecule has 0 aliphatic rings. The number of aromatic nitrogens is 5. The van der Waals surface area contributed by atoms with Crippen LogP contribution in [-0.2, 0) is 54.4 Å². The number of hydrogen-bond donors (Lipinski definition) is 8. The van der Waals surface area contributed by atoms with Gasteiger partial charge in [0.2, 0.25) is 17.7 Å². The number of nitrogens with two attached hydrogens (primary N) is 3. The highest BCUT2D eigenvalue weighted by Gasteiger charge is 2.16. The van der Waals surface area contributed by atoms with E-state index >= 15 is 0 Å². The number of rotatable bonds is 18. The van der Waals surface area contributed by atoms with Crippen LogP contribution in [0.25, 0.3) is 77.1 Å². The molecule has 0 unspecified atom stereocenters. The summed E-state index contributed by atoms with van der Waals surface area (Å²) in [5.41, 5.74) is 34.4. The SMILES string of the molecule is CNS(=O)(=O)Nc1cccc(-c2ccc(-c3cccnc3)cc2CCC(N)=O)c1.Cc1cccc(-c2ccc(-c3sc(C)nc3C)cc2CCC(N)=O)c1.N=S(=O)=O.NC(=O)CCc1cc(-c2cccnc2)ccc1-c1ccc2[nH]c(=O)[nH]c2c1. The Labute approximate surface area is 497 Å². The standard InChI is InChI=1S/C21H22N4O3S.C21H18N4O2.C21H22N2OS.HNO2S/c1-23-29(27,28)25-19-6-2-4-16(13-19)20-9-7-15(18-5-3-11-24-14-18)12-17(20)8-10-21(22)26;22-20(26)8-5-14-10-13(16-2-1-9-23-12-16)3-6-17(14)15-4-7-18-19(11-15)25-21(27)24-18;1-13-5-4-6-16(11-13)19-9-7-18(12-17(19)8-10-20(22)24)21-14(2)23-15(3)25-21;1-4(2)3/h2-7,9,11-14,23,25H,8,10H2,1H3,(H2,22,26);1-4,6-7,9-12H,5,8H2,(H2,22,26)(H2,24,25,27);4-7,9,11-12H,8,10H2,1-3H3,(H2,22,24);1H. The predicted octanol–water partition coefficient (Wildman–Crippen LogP) is 10.2. The van der Waals surface area contributed by atoms with Crippen molar-refractivity contribution in [3.63, 3.8) is 0 Å². The molecular formula is C63H63N11O8S3. The van der Waals surface area contributed by atoms with Gasteiger partial charge >= 0.3 is 16.2 Å². The highest BCUT2D eigenvalue weighted by Crippen LogP contribution is 2.36. The van der Waals surface area contributed by atoms with Gasteiger partial charge in [-0.15, -0.1) is 11.3 Å². The molecular weight excluding hydrogens is 1130 g/mol. The number of carbonyl (C=O) groups excluding carboxylic acids is 3. The Morgan fingerprint density at radius 1 is 0.565 bits per heavy atom. The highest BCUT2D eigenvalue weighted by molar-refractivity contribution is 7.90. The summed E-state index contributed by atoms with van der Waals surface area (Å²) < 4.78 is 51.1. The number of carbonyl (C=O) groups is 3. The lowest BCUT2D eigenvalue weighted by Crippen LogP contribution is -2.26. The fourth-order valence-corrected chi connectivity index (χ4v) is 10.8. The third-order valence-corrected chi connectivity index (χ3v) is 15.4. The van der Waals surface area contributed by atoms with Gasteiger partial charge in [-0.05, 0) is 160 Å². The van der Waals surface area contributed by atoms with Crippen LogP contribution in [0.15, 0.2) is 175 Å². The van der Waals surface area contributed by atoms with E-state index in [1.807, 2.05) is 98.9 Å². The first-order valence-corrected chi connectivity index (χ1v) is 29.9. The summed E-state index contributed by atoms with van der Waals surface area (Å²) in [6, 6.07) is 47.6. The van der Waals surface area contributed by atoms with Crippen molar-refractivity contribution >= 4 is 66.5 Å². The largest absolute Gasteiger partial charge is 0.370 e. The summed E-state index contributed by atoms with van der Waals surface area (Å²) >= 11 is 1.70. The molecule has 22 heteroatoms. The Kier molecular flexibility index (Phi) is 21.8. The second-order valence-corrected chi connectivity index (χ2v) is 22.8. The van der Waals surface area contributed by atoms with Crippen molar-refractivity contribution in [3.8, 4) is 66.1 Å². The van der Waals surface area contributed by atoms with Crippen LogP contribution in [-0.4, -0.2) is 66.5 Å². The molecule has 10 aromatic rings. The number of hydrogen-bond acceptors (Lipinski definition) is 13. The van der Waals surface area contributed by atoms with Gasteiger partial charge in [-0.2, -0.15) is 21.6 Å². The van der Waals surface area contributed by atoms with Gasteiger partial charge in [-0.25, -0.2) is 14.5 Å². The number of nitrogens with zero attached hydrogens (tertiary/aromatic N) is 3. The number of H-pyrrole nitrogens is 2. The second-order valence-electron chi connectivity index (χ2n) is 19.5. The molecule has 85 heavy (non-hydrogen) atoms. The lowest BCUT2D eigenvalue weighted by Gasteiger charge is -2.14. The van der Waals surface area contributed by atoms with Gasteiger partial charge in [-0.1, -0.05) is 109 Å². The van der Waals surface area contributed by atoms with Crippen LogP contribution in [0.5, 0.6) is 0 Å². The van der Waals surface area contributed by atoms with Crippen LogP contribution in [0.3, 0.4) is 0 Å². The van der Waals surface area contributed by atoms with E-state index in [9.17, 15) is 27.6 Å². The van der Waals surface area contributed by atoms with Gasteiger partial charge in [-0.3, -0.25) is 29.1 Å². The summed E-state index contributed by atoms with van der Waals surface area (Å²) in [7, 11) is -4.89. The van der Waals surface area contributed by atoms with Gasteiger partial charge in [0, 0.05) is 51.1 Å². The van der Waals surface area contributed by atoms with Crippen LogP contribution in [0.4, 0.5) is 5.69 Å². The van der Waals surface area contributed by atoms with E-state index in [-0.39, 0.29) is 36.3 Å². The van der Waals surface area contributed by atoms with Gasteiger partial charge in [0.05, 0.1) is 32.3 Å². The molecule has 0 atom stereocenters. The molecule has 4 heterocycles. The first-order chi connectivity index (χ1) is 40.6. The maximum absolute atomic E-state index is 11.8. The monoisotopic (exact) mass is 1200 g/mol. The second kappa shape index (κ2) is 29.5. The molecule has 0 radical (unpaired) electrons. The van der Waals surface area contributed by atoms with E-state index in [0.29, 0.717) is 31.4 Å². The average Bonchev–Trinajstić information content (AvgIpc) is 4.28. The number of benzene rings is 6. The zero-order valence-electron chi connectivity index (χ0n) is 47.0. The number of amides is 3. The summed E-state index contributed by atoms with van der Waals surface area (Å²) in [5, 5.41) is 1.06. The van der Waals surface area contributed by atoms with Crippen molar-refractivity contribution in [2.45, 2.75) is 59.3 Å². The van der Waals surface area contributed by atoms with E-state index in [0.717, 1.165) is 94.1 Å². The van der Waals surface area contributed by atoms with Gasteiger partial charge < -0.3 is 27.2 Å². The van der Waals surface area contributed by atoms with Crippen molar-refractivity contribution in [2.24, 2.45) is 17.2 Å². The van der Waals surface area contributed by atoms with E-state index in [1.54, 1.807) is 48.1 Å². The number of nitrogens with one attached hydrogen (secondary N) is 5. The molecule has 0 saturated carbocycles. The lowest BCUT2D eigenvalue weighted by atomic mass is 9.93. The van der Waals surface area contributed by atoms with Gasteiger partial charge in [0.15, 0.2) is 0 Å². The molecule has 0 spiro atoms. The maximum Gasteiger partial charge on any atom is 0.323 e. The molecule has 436 valence electrons. The summed E-state index contributed by atoms with van der Waals surface area (Å²) in [5.74, 6) is -0.984. The molecule has 0 saturated heterocycles. The predicted molar refractivity (Wildman–Crippen MR) is 336 cm³/mol. The minimum Gasteiger partial charge on any atom is -0.370 e. The quantitative estimate of drug-likeness (QED) is 0.0399. The molecule has 0 bridgehead atoms. The minimum atomic E-state index is -3.61. The average molecular weight is 1200 g/mol. The van der Waals surface area contributed by atoms with Gasteiger partial charge in [0.1, 0.15) is 0 Å². The third kappa shape index (κ3) is 18.4. The fraction of sp³-hybridized carbons (Fsp3) is 0.159. The van der Waals surface area contributed by atoms with Gasteiger partial charge in [0.25, 0.3) is 10.2 Å². The topological polar surface area (TPSA) is 333 Å². The first kappa shape index (κ1) is 62.9. The highest BCUT2D eigenvalue weighted by atomic mass is 32.2. The molecule has 10 rings (SSSR count). The number of aromatic amines is 2. The molecule has 19 nitrogen and oxygen atoms in total. The number of primary amides is 3. The summed E-state index contributed by atoms with van der Waals surface area (Å²) in [6.07, 6.45) is 9.53. The van der Waals surface area contributed by atoms with E-state index in [2.05, 4.69) is 89.8 Å². The zero-order chi connectivity index (χ0) is 61.2. The minimum absolute atomic E-state index is 0.218. The zero-order valence-corrected chi connectivity index (χ0v) is 49.4. The molecule has 0 fully saturated rings. The van der Waals surface area contributed by atoms with E-state index < -0.39 is 20.7 Å². The van der Waals surface area contributed by atoms with Crippen LogP contribution in [0, 0.1) is 25.6 Å². The summed E-state index contributed by atoms with van der Waals surface area (Å²) in [6.45, 7) is 6.15. The molecule has 6 aromatic carbocycles. The summed E-state index contributed by atoms with van der Waals surface area (Å²) in [4.78, 5) is 65.1. The van der Waals surface area contributed by atoms with Crippen molar-refractivity contribution in [1.82, 2.24) is 29.6 Å². The van der Waals surface area contributed by atoms with E-state index in [1.165, 1.54) is 23.1 Å². The van der Waals surface area contributed by atoms with Crippen LogP contribution < -0.4 is 32.3 Å². The Balaban J connectivity index is 0.000000177. The molecule has 4 aromatic heterocycles. The first-order valence-electron chi connectivity index (χ1n) is 26.6. The molecule has 0 aliphatic carbocycles. The smallest absolute Gasteiger partial charge is 0.323 e. The van der Waals surface area contributed by atoms with Crippen molar-refractivity contribution in [2.75, 3.05) is 11.8 Å². The Hall–Kier alpha value is -9.74. The lowest BCUT2D eigenvalue weighted by molar-refractivity contribution is -0.118. The van der Waals surface area contributed by atoms with Crippen LogP contribution in [0.2, 0.25) is 0 Å². The number of anilines is 1. The molecule has 0 aliphatic heterocycles. The van der Waals surface area contributed by atoms with Crippen molar-refractivity contribution in [3.05, 3.63) is 214 Å². The van der Waals surface area contributed by atoms with Crippen LogP contribution in [0.1, 0.15) is 52.2 Å². The number of pyridine rings is 2. The number of fused-ring (bicyclic) bond motifs is 1. The third-order valence-electron chi connectivity index (χ3n) is 13.2. The molecule has 11 N–H and O–H groups in total. The molecule has 3 amide bonds. The fourth-order valence-electron chi connectivity index (χ4n) is 9.36. The Morgan fingerprint density at radius 2 is 1.01 bits per heavy atom. The van der Waals surface area contributed by atoms with Crippen LogP contribution >= 0.6 is 11.3 Å². The Bertz CT molecular complexity index is 4300. The van der Waals surface area contributed by atoms with Crippen molar-refractivity contribution < 1.29 is 31.2 Å². The number of aryl methyl sites for hydroxylation is 6. The Morgan fingerprint density at radius 3 is 1.47 bits per heavy atom. The number of imidazole rings is 1. The number of thiazole rings is 1. The van der Waals surface area contributed by atoms with E-state index in [4.69, 9.17) is 30.4 Å². The normalized spacial score (nSPS) is 10.8.